The maximum atomic E-state index is 11.3. The van der Waals surface area contributed by atoms with Gasteiger partial charge >= 0.3 is 5.97 Å². The van der Waals surface area contributed by atoms with Crippen molar-refractivity contribution < 1.29 is 19.4 Å². The molecule has 0 aliphatic heterocycles. The molecule has 0 heterocycles. The second-order valence-corrected chi connectivity index (χ2v) is 4.40. The molecule has 0 aromatic heterocycles. The molecule has 0 radical (unpaired) electrons. The summed E-state index contributed by atoms with van der Waals surface area (Å²) < 4.78 is 10.6. The van der Waals surface area contributed by atoms with Gasteiger partial charge in [-0.25, -0.2) is 0 Å². The van der Waals surface area contributed by atoms with Crippen molar-refractivity contribution in [1.29, 1.82) is 0 Å². The van der Waals surface area contributed by atoms with E-state index in [-0.39, 0.29) is 5.92 Å². The lowest BCUT2D eigenvalue weighted by Gasteiger charge is -2.18. The number of carbonyl (C=O) groups is 1. The fraction of sp³-hybridized carbons (Fsp3) is 0.500. The lowest BCUT2D eigenvalue weighted by molar-refractivity contribution is -0.139. The highest BCUT2D eigenvalue weighted by molar-refractivity contribution is 5.76. The second kappa shape index (κ2) is 6.28. The quantitative estimate of drug-likeness (QED) is 0.845. The van der Waals surface area contributed by atoms with E-state index in [0.29, 0.717) is 18.1 Å². The maximum Gasteiger partial charge on any atom is 0.311 e. The van der Waals surface area contributed by atoms with Crippen LogP contribution in [-0.4, -0.2) is 24.8 Å². The van der Waals surface area contributed by atoms with Gasteiger partial charge in [-0.2, -0.15) is 0 Å². The van der Waals surface area contributed by atoms with E-state index in [1.807, 2.05) is 20.8 Å². The normalized spacial score (nSPS) is 12.3. The number of carboxylic acids is 1. The third-order valence-electron chi connectivity index (χ3n) is 2.78. The highest BCUT2D eigenvalue weighted by Crippen LogP contribution is 2.33. The van der Waals surface area contributed by atoms with Crippen molar-refractivity contribution in [3.63, 3.8) is 0 Å². The number of rotatable bonds is 6. The topological polar surface area (TPSA) is 55.8 Å². The van der Waals surface area contributed by atoms with E-state index in [1.165, 1.54) is 0 Å². The average Bonchev–Trinajstić information content (AvgIpc) is 2.29. The molecule has 1 rings (SSSR count). The third-order valence-corrected chi connectivity index (χ3v) is 2.78. The number of aliphatic carboxylic acids is 1. The Balaban J connectivity index is 3.16. The van der Waals surface area contributed by atoms with Crippen LogP contribution in [0.15, 0.2) is 18.2 Å². The Morgan fingerprint density at radius 1 is 1.33 bits per heavy atom. The molecule has 0 saturated carbocycles. The number of hydrogen-bond acceptors (Lipinski definition) is 3. The van der Waals surface area contributed by atoms with Gasteiger partial charge in [-0.1, -0.05) is 19.9 Å². The van der Waals surface area contributed by atoms with Crippen LogP contribution in [0.25, 0.3) is 0 Å². The Bertz CT molecular complexity index is 412. The lowest BCUT2D eigenvalue weighted by Crippen LogP contribution is -2.17. The second-order valence-electron chi connectivity index (χ2n) is 4.40. The van der Waals surface area contributed by atoms with Gasteiger partial charge in [-0.15, -0.1) is 0 Å². The first-order valence-electron chi connectivity index (χ1n) is 6.04. The molecule has 4 heteroatoms. The maximum absolute atomic E-state index is 11.3. The summed E-state index contributed by atoms with van der Waals surface area (Å²) in [6.45, 7) is 6.18. The van der Waals surface area contributed by atoms with Crippen LogP contribution in [0.2, 0.25) is 0 Å². The molecular formula is C14H20O4. The molecule has 1 N–H and O–H groups in total. The van der Waals surface area contributed by atoms with Crippen LogP contribution >= 0.6 is 0 Å². The molecule has 0 fully saturated rings. The summed E-state index contributed by atoms with van der Waals surface area (Å²) in [4.78, 5) is 11.3. The summed E-state index contributed by atoms with van der Waals surface area (Å²) >= 11 is 0. The molecule has 18 heavy (non-hydrogen) atoms. The molecule has 1 atom stereocenters. The van der Waals surface area contributed by atoms with Gasteiger partial charge in [0.2, 0.25) is 0 Å². The van der Waals surface area contributed by atoms with E-state index in [4.69, 9.17) is 9.47 Å². The van der Waals surface area contributed by atoms with Gasteiger partial charge < -0.3 is 14.6 Å². The van der Waals surface area contributed by atoms with Crippen LogP contribution in [0.5, 0.6) is 11.5 Å². The zero-order chi connectivity index (χ0) is 13.7. The standard InChI is InChI=1S/C14H20O4/c1-5-18-12-8-10(6-7-11(12)17-4)13(9(2)3)14(15)16/h6-9,13H,5H2,1-4H3,(H,15,16). The predicted octanol–water partition coefficient (Wildman–Crippen LogP) is 2.92. The molecule has 0 amide bonds. The Hall–Kier alpha value is -1.71. The fourth-order valence-corrected chi connectivity index (χ4v) is 1.97. The molecule has 0 spiro atoms. The van der Waals surface area contributed by atoms with E-state index < -0.39 is 11.9 Å². The third kappa shape index (κ3) is 3.15. The molecule has 1 unspecified atom stereocenters. The van der Waals surface area contributed by atoms with Crippen LogP contribution in [0.4, 0.5) is 0 Å². The van der Waals surface area contributed by atoms with Gasteiger partial charge in [0, 0.05) is 0 Å². The first kappa shape index (κ1) is 14.4. The Labute approximate surface area is 108 Å². The fourth-order valence-electron chi connectivity index (χ4n) is 1.97. The SMILES string of the molecule is CCOc1cc(C(C(=O)O)C(C)C)ccc1OC. The number of hydrogen-bond donors (Lipinski definition) is 1. The van der Waals surface area contributed by atoms with Gasteiger partial charge in [0.1, 0.15) is 0 Å². The van der Waals surface area contributed by atoms with E-state index in [9.17, 15) is 9.90 Å². The molecule has 1 aromatic rings. The van der Waals surface area contributed by atoms with Gasteiger partial charge in [0.25, 0.3) is 0 Å². The molecule has 0 bridgehead atoms. The van der Waals surface area contributed by atoms with Crippen molar-refractivity contribution in [3.05, 3.63) is 23.8 Å². The van der Waals surface area contributed by atoms with Gasteiger partial charge in [-0.05, 0) is 30.5 Å². The van der Waals surface area contributed by atoms with E-state index >= 15 is 0 Å². The summed E-state index contributed by atoms with van der Waals surface area (Å²) in [6, 6.07) is 5.28. The number of ether oxygens (including phenoxy) is 2. The van der Waals surface area contributed by atoms with Gasteiger partial charge in [0.15, 0.2) is 11.5 Å². The average molecular weight is 252 g/mol. The summed E-state index contributed by atoms with van der Waals surface area (Å²) in [5.41, 5.74) is 0.738. The van der Waals surface area contributed by atoms with Crippen molar-refractivity contribution in [2.45, 2.75) is 26.7 Å². The van der Waals surface area contributed by atoms with E-state index in [0.717, 1.165) is 5.56 Å². The summed E-state index contributed by atoms with van der Waals surface area (Å²) in [6.07, 6.45) is 0. The minimum atomic E-state index is -0.822. The van der Waals surface area contributed by atoms with Crippen molar-refractivity contribution >= 4 is 5.97 Å². The first-order valence-corrected chi connectivity index (χ1v) is 6.04. The zero-order valence-electron chi connectivity index (χ0n) is 11.3. The first-order chi connectivity index (χ1) is 8.51. The van der Waals surface area contributed by atoms with Crippen LogP contribution < -0.4 is 9.47 Å². The number of benzene rings is 1. The lowest BCUT2D eigenvalue weighted by atomic mass is 9.88. The highest BCUT2D eigenvalue weighted by Gasteiger charge is 2.24. The molecular weight excluding hydrogens is 232 g/mol. The molecule has 4 nitrogen and oxygen atoms in total. The zero-order valence-corrected chi connectivity index (χ0v) is 11.3. The molecule has 0 saturated heterocycles. The molecule has 1 aromatic carbocycles. The summed E-state index contributed by atoms with van der Waals surface area (Å²) in [5, 5.41) is 9.27. The summed E-state index contributed by atoms with van der Waals surface area (Å²) in [7, 11) is 1.56. The van der Waals surface area contributed by atoms with Crippen LogP contribution in [0.1, 0.15) is 32.3 Å². The van der Waals surface area contributed by atoms with Crippen molar-refractivity contribution in [3.8, 4) is 11.5 Å². The van der Waals surface area contributed by atoms with Crippen LogP contribution in [-0.2, 0) is 4.79 Å². The minimum Gasteiger partial charge on any atom is -0.493 e. The Kier molecular flexibility index (Phi) is 5.01. The van der Waals surface area contributed by atoms with Gasteiger partial charge in [-0.3, -0.25) is 4.79 Å². The van der Waals surface area contributed by atoms with Crippen LogP contribution in [0, 0.1) is 5.92 Å². The number of methoxy groups -OCH3 is 1. The van der Waals surface area contributed by atoms with E-state index in [1.54, 1.807) is 25.3 Å². The van der Waals surface area contributed by atoms with Crippen molar-refractivity contribution in [2.24, 2.45) is 5.92 Å². The molecule has 0 aliphatic carbocycles. The van der Waals surface area contributed by atoms with E-state index in [2.05, 4.69) is 0 Å². The Morgan fingerprint density at radius 3 is 2.44 bits per heavy atom. The largest absolute Gasteiger partial charge is 0.493 e. The molecule has 100 valence electrons. The van der Waals surface area contributed by atoms with Crippen molar-refractivity contribution in [1.82, 2.24) is 0 Å². The highest BCUT2D eigenvalue weighted by atomic mass is 16.5. The smallest absolute Gasteiger partial charge is 0.311 e. The molecule has 0 aliphatic rings. The minimum absolute atomic E-state index is 0.0189. The van der Waals surface area contributed by atoms with Gasteiger partial charge in [0.05, 0.1) is 19.6 Å². The monoisotopic (exact) mass is 252 g/mol. The van der Waals surface area contributed by atoms with Crippen molar-refractivity contribution in [2.75, 3.05) is 13.7 Å². The number of carboxylic acid groups (broad SMARTS) is 1. The predicted molar refractivity (Wildman–Crippen MR) is 69.4 cm³/mol. The van der Waals surface area contributed by atoms with Crippen LogP contribution in [0.3, 0.4) is 0 Å². The Morgan fingerprint density at radius 2 is 2.00 bits per heavy atom. The summed E-state index contributed by atoms with van der Waals surface area (Å²) in [5.74, 6) is -0.129.